The molecule has 2 saturated heterocycles. The average Bonchev–Trinajstić information content (AvgIpc) is 3.00. The van der Waals surface area contributed by atoms with E-state index in [4.69, 9.17) is 0 Å². The van der Waals surface area contributed by atoms with Gasteiger partial charge in [0.1, 0.15) is 17.6 Å². The normalized spacial score (nSPS) is 21.9. The predicted molar refractivity (Wildman–Crippen MR) is 99.0 cm³/mol. The quantitative estimate of drug-likeness (QED) is 0.730. The van der Waals surface area contributed by atoms with Gasteiger partial charge in [-0.15, -0.1) is 0 Å². The monoisotopic (exact) mass is 415 g/mol. The highest BCUT2D eigenvalue weighted by atomic mass is 32.2. The first-order valence-corrected chi connectivity index (χ1v) is 11.0. The Morgan fingerprint density at radius 3 is 2.29 bits per heavy atom. The third kappa shape index (κ3) is 4.67. The van der Waals surface area contributed by atoms with Crippen LogP contribution >= 0.6 is 0 Å². The fourth-order valence-corrected chi connectivity index (χ4v) is 4.56. The molecule has 0 bridgehead atoms. The van der Waals surface area contributed by atoms with Gasteiger partial charge in [-0.25, -0.2) is 21.5 Å². The number of nitrogens with zero attached hydrogens (tertiary/aromatic N) is 2. The van der Waals surface area contributed by atoms with E-state index in [2.05, 4.69) is 5.32 Å². The number of hydrogen-bond donors (Lipinski definition) is 1. The molecule has 28 heavy (non-hydrogen) atoms. The van der Waals surface area contributed by atoms with Crippen molar-refractivity contribution in [1.29, 1.82) is 0 Å². The molecule has 0 aliphatic carbocycles. The van der Waals surface area contributed by atoms with Crippen molar-refractivity contribution in [2.75, 3.05) is 37.3 Å². The molecule has 2 heterocycles. The van der Waals surface area contributed by atoms with Crippen LogP contribution in [0.1, 0.15) is 19.3 Å². The molecule has 0 aromatic heterocycles. The van der Waals surface area contributed by atoms with Crippen molar-refractivity contribution in [3.8, 4) is 0 Å². The lowest BCUT2D eigenvalue weighted by Crippen LogP contribution is -2.43. The molecule has 1 aromatic carbocycles. The molecule has 154 valence electrons. The smallest absolute Gasteiger partial charge is 0.239 e. The minimum atomic E-state index is -3.20. The molecular formula is C18H23F2N3O4S. The van der Waals surface area contributed by atoms with Gasteiger partial charge in [-0.2, -0.15) is 0 Å². The highest BCUT2D eigenvalue weighted by Gasteiger charge is 2.38. The second kappa shape index (κ2) is 8.12. The van der Waals surface area contributed by atoms with Crippen LogP contribution in [-0.4, -0.2) is 57.0 Å². The molecule has 2 fully saturated rings. The number of sulfonamides is 1. The topological polar surface area (TPSA) is 86.8 Å². The lowest BCUT2D eigenvalue weighted by Gasteiger charge is -2.30. The number of carbonyl (C=O) groups excluding carboxylic acids is 2. The summed E-state index contributed by atoms with van der Waals surface area (Å²) in [7, 11) is -3.20. The van der Waals surface area contributed by atoms with E-state index in [-0.39, 0.29) is 24.6 Å². The third-order valence-corrected chi connectivity index (χ3v) is 6.59. The number of benzene rings is 1. The summed E-state index contributed by atoms with van der Waals surface area (Å²) in [4.78, 5) is 26.2. The van der Waals surface area contributed by atoms with E-state index >= 15 is 0 Å². The highest BCUT2D eigenvalue weighted by molar-refractivity contribution is 7.88. The molecule has 2 aliphatic rings. The zero-order valence-corrected chi connectivity index (χ0v) is 16.3. The van der Waals surface area contributed by atoms with Gasteiger partial charge in [0.25, 0.3) is 0 Å². The number of anilines is 1. The summed E-state index contributed by atoms with van der Waals surface area (Å²) in [5.41, 5.74) is 0.103. The standard InChI is InChI=1S/C18H23F2N3O4S/c1-28(26,27)22-5-2-12(3-6-22)11-21-17(24)16-4-7-23(18(16)25)15-9-13(19)8-14(20)10-15/h8-10,12,16H,2-7,11H2,1H3,(H,21,24). The van der Waals surface area contributed by atoms with Crippen LogP contribution in [-0.2, 0) is 19.6 Å². The molecule has 10 heteroatoms. The molecule has 2 aliphatic heterocycles. The summed E-state index contributed by atoms with van der Waals surface area (Å²) < 4.78 is 51.3. The first kappa shape index (κ1) is 20.7. The van der Waals surface area contributed by atoms with Gasteiger partial charge in [0.05, 0.1) is 6.26 Å². The van der Waals surface area contributed by atoms with Crippen molar-refractivity contribution in [1.82, 2.24) is 9.62 Å². The highest BCUT2D eigenvalue weighted by Crippen LogP contribution is 2.27. The van der Waals surface area contributed by atoms with Crippen LogP contribution in [0.5, 0.6) is 0 Å². The Hall–Kier alpha value is -2.07. The lowest BCUT2D eigenvalue weighted by molar-refractivity contribution is -0.132. The van der Waals surface area contributed by atoms with Crippen molar-refractivity contribution in [3.05, 3.63) is 29.8 Å². The molecular weight excluding hydrogens is 392 g/mol. The van der Waals surface area contributed by atoms with Crippen LogP contribution in [0.4, 0.5) is 14.5 Å². The summed E-state index contributed by atoms with van der Waals surface area (Å²) in [5, 5.41) is 2.77. The van der Waals surface area contributed by atoms with Crippen LogP contribution in [0, 0.1) is 23.5 Å². The molecule has 1 unspecified atom stereocenters. The number of nitrogens with one attached hydrogen (secondary N) is 1. The van der Waals surface area contributed by atoms with Gasteiger partial charge in [-0.1, -0.05) is 0 Å². The van der Waals surface area contributed by atoms with E-state index < -0.39 is 39.4 Å². The Labute approximate surface area is 162 Å². The molecule has 0 radical (unpaired) electrons. The first-order valence-electron chi connectivity index (χ1n) is 9.15. The fourth-order valence-electron chi connectivity index (χ4n) is 3.69. The average molecular weight is 415 g/mol. The van der Waals surface area contributed by atoms with Crippen molar-refractivity contribution in [2.24, 2.45) is 11.8 Å². The van der Waals surface area contributed by atoms with Crippen molar-refractivity contribution in [3.63, 3.8) is 0 Å². The van der Waals surface area contributed by atoms with Gasteiger partial charge in [0.15, 0.2) is 0 Å². The molecule has 0 saturated carbocycles. The van der Waals surface area contributed by atoms with Gasteiger partial charge in [-0.3, -0.25) is 9.59 Å². The van der Waals surface area contributed by atoms with Crippen molar-refractivity contribution < 1.29 is 26.8 Å². The molecule has 0 spiro atoms. The zero-order valence-electron chi connectivity index (χ0n) is 15.5. The van der Waals surface area contributed by atoms with Crippen LogP contribution in [0.2, 0.25) is 0 Å². The summed E-state index contributed by atoms with van der Waals surface area (Å²) in [6, 6.07) is 2.86. The second-order valence-electron chi connectivity index (χ2n) is 7.31. The van der Waals surface area contributed by atoms with Crippen molar-refractivity contribution in [2.45, 2.75) is 19.3 Å². The lowest BCUT2D eigenvalue weighted by atomic mass is 9.97. The third-order valence-electron chi connectivity index (χ3n) is 5.29. The van der Waals surface area contributed by atoms with E-state index in [1.54, 1.807) is 0 Å². The van der Waals surface area contributed by atoms with Gasteiger partial charge in [-0.05, 0) is 37.3 Å². The Morgan fingerprint density at radius 2 is 1.71 bits per heavy atom. The number of hydrogen-bond acceptors (Lipinski definition) is 4. The molecule has 1 atom stereocenters. The number of carbonyl (C=O) groups is 2. The minimum Gasteiger partial charge on any atom is -0.355 e. The van der Waals surface area contributed by atoms with E-state index in [9.17, 15) is 26.8 Å². The van der Waals surface area contributed by atoms with Crippen LogP contribution < -0.4 is 10.2 Å². The van der Waals surface area contributed by atoms with E-state index in [1.807, 2.05) is 0 Å². The number of rotatable bonds is 5. The van der Waals surface area contributed by atoms with E-state index in [0.29, 0.717) is 32.5 Å². The van der Waals surface area contributed by atoms with E-state index in [0.717, 1.165) is 18.2 Å². The predicted octanol–water partition coefficient (Wildman–Crippen LogP) is 1.11. The van der Waals surface area contributed by atoms with Crippen molar-refractivity contribution >= 4 is 27.5 Å². The van der Waals surface area contributed by atoms with Crippen LogP contribution in [0.15, 0.2) is 18.2 Å². The molecule has 7 nitrogen and oxygen atoms in total. The van der Waals surface area contributed by atoms with Gasteiger partial charge >= 0.3 is 0 Å². The number of halogens is 2. The number of amides is 2. The second-order valence-corrected chi connectivity index (χ2v) is 9.29. The summed E-state index contributed by atoms with van der Waals surface area (Å²) in [6.07, 6.45) is 2.73. The molecule has 1 aromatic rings. The summed E-state index contributed by atoms with van der Waals surface area (Å²) in [6.45, 7) is 1.42. The fraction of sp³-hybridized carbons (Fsp3) is 0.556. The summed E-state index contributed by atoms with van der Waals surface area (Å²) in [5.74, 6) is -3.19. The van der Waals surface area contributed by atoms with Crippen LogP contribution in [0.3, 0.4) is 0 Å². The Balaban J connectivity index is 1.52. The van der Waals surface area contributed by atoms with Gasteiger partial charge in [0.2, 0.25) is 21.8 Å². The Kier molecular flexibility index (Phi) is 5.99. The maximum absolute atomic E-state index is 13.4. The zero-order chi connectivity index (χ0) is 20.5. The maximum atomic E-state index is 13.4. The minimum absolute atomic E-state index is 0.103. The molecule has 1 N–H and O–H groups in total. The van der Waals surface area contributed by atoms with Gasteiger partial charge in [0, 0.05) is 37.9 Å². The molecule has 3 rings (SSSR count). The summed E-state index contributed by atoms with van der Waals surface area (Å²) >= 11 is 0. The SMILES string of the molecule is CS(=O)(=O)N1CCC(CNC(=O)C2CCN(c3cc(F)cc(F)c3)C2=O)CC1. The largest absolute Gasteiger partial charge is 0.355 e. The van der Waals surface area contributed by atoms with Crippen LogP contribution in [0.25, 0.3) is 0 Å². The van der Waals surface area contributed by atoms with Gasteiger partial charge < -0.3 is 10.2 Å². The Morgan fingerprint density at radius 1 is 1.11 bits per heavy atom. The first-order chi connectivity index (χ1) is 13.1. The van der Waals surface area contributed by atoms with E-state index in [1.165, 1.54) is 15.5 Å². The number of piperidine rings is 1. The molecule has 2 amide bonds. The maximum Gasteiger partial charge on any atom is 0.239 e. The Bertz CT molecular complexity index is 849.